The van der Waals surface area contributed by atoms with Crippen LogP contribution in [0.1, 0.15) is 24.2 Å². The highest BCUT2D eigenvalue weighted by molar-refractivity contribution is 7.89. The lowest BCUT2D eigenvalue weighted by molar-refractivity contribution is 0.102. The molecule has 9 heteroatoms. The normalized spacial score (nSPS) is 11.0. The fraction of sp³-hybridized carbons (Fsp3) is 0.316. The zero-order valence-electron chi connectivity index (χ0n) is 15.9. The fourth-order valence-corrected chi connectivity index (χ4v) is 3.96. The van der Waals surface area contributed by atoms with Gasteiger partial charge in [0, 0.05) is 30.9 Å². The smallest absolute Gasteiger partial charge is 0.255 e. The minimum absolute atomic E-state index is 0. The molecule has 0 saturated carbocycles. The van der Waals surface area contributed by atoms with E-state index in [9.17, 15) is 13.2 Å². The van der Waals surface area contributed by atoms with E-state index in [1.807, 2.05) is 0 Å². The van der Waals surface area contributed by atoms with Crippen LogP contribution in [-0.4, -0.2) is 44.9 Å². The van der Waals surface area contributed by atoms with E-state index in [1.54, 1.807) is 38.1 Å². The van der Waals surface area contributed by atoms with Crippen LogP contribution in [0.4, 0.5) is 5.69 Å². The molecule has 0 bridgehead atoms. The van der Waals surface area contributed by atoms with Gasteiger partial charge in [-0.25, -0.2) is 8.42 Å². The second kappa shape index (κ2) is 11.0. The third-order valence-electron chi connectivity index (χ3n) is 3.96. The van der Waals surface area contributed by atoms with Gasteiger partial charge in [-0.1, -0.05) is 13.8 Å². The van der Waals surface area contributed by atoms with E-state index in [4.69, 9.17) is 10.5 Å². The van der Waals surface area contributed by atoms with Gasteiger partial charge in [-0.3, -0.25) is 4.79 Å². The molecule has 28 heavy (non-hydrogen) atoms. The second-order valence-corrected chi connectivity index (χ2v) is 7.67. The average Bonchev–Trinajstić information content (AvgIpc) is 2.68. The molecule has 2 aromatic rings. The molecule has 7 nitrogen and oxygen atoms in total. The second-order valence-electron chi connectivity index (χ2n) is 5.73. The number of nitrogens with zero attached hydrogens (tertiary/aromatic N) is 1. The molecule has 0 atom stereocenters. The van der Waals surface area contributed by atoms with Crippen LogP contribution in [0.3, 0.4) is 0 Å². The van der Waals surface area contributed by atoms with E-state index in [0.717, 1.165) is 0 Å². The summed E-state index contributed by atoms with van der Waals surface area (Å²) < 4.78 is 31.7. The minimum Gasteiger partial charge on any atom is -0.492 e. The topological polar surface area (TPSA) is 102 Å². The Morgan fingerprint density at radius 2 is 1.61 bits per heavy atom. The van der Waals surface area contributed by atoms with Crippen molar-refractivity contribution in [2.75, 3.05) is 31.6 Å². The van der Waals surface area contributed by atoms with Crippen molar-refractivity contribution in [3.05, 3.63) is 54.1 Å². The van der Waals surface area contributed by atoms with Crippen molar-refractivity contribution < 1.29 is 17.9 Å². The standard InChI is InChI=1S/C19H25N3O4S.ClH/c1-3-22(4-2)27(24,25)18-11-5-15(6-12-18)19(23)21-16-7-9-17(10-8-16)26-14-13-20;/h5-12H,3-4,13-14,20H2,1-2H3,(H,21,23);1H. The van der Waals surface area contributed by atoms with Gasteiger partial charge in [-0.2, -0.15) is 4.31 Å². The summed E-state index contributed by atoms with van der Waals surface area (Å²) >= 11 is 0. The van der Waals surface area contributed by atoms with Crippen LogP contribution in [0.15, 0.2) is 53.4 Å². The van der Waals surface area contributed by atoms with Gasteiger partial charge in [0.05, 0.1) is 4.90 Å². The highest BCUT2D eigenvalue weighted by Crippen LogP contribution is 2.19. The van der Waals surface area contributed by atoms with Gasteiger partial charge in [-0.15, -0.1) is 12.4 Å². The van der Waals surface area contributed by atoms with Crippen molar-refractivity contribution in [2.24, 2.45) is 5.73 Å². The lowest BCUT2D eigenvalue weighted by Crippen LogP contribution is -2.30. The number of ether oxygens (including phenoxy) is 1. The molecule has 0 aliphatic carbocycles. The summed E-state index contributed by atoms with van der Waals surface area (Å²) in [6, 6.07) is 12.8. The highest BCUT2D eigenvalue weighted by Gasteiger charge is 2.21. The van der Waals surface area contributed by atoms with Crippen molar-refractivity contribution >= 4 is 34.0 Å². The monoisotopic (exact) mass is 427 g/mol. The van der Waals surface area contributed by atoms with Gasteiger partial charge in [-0.05, 0) is 48.5 Å². The molecule has 2 aromatic carbocycles. The summed E-state index contributed by atoms with van der Waals surface area (Å²) in [6.45, 7) is 5.22. The molecule has 154 valence electrons. The fourth-order valence-electron chi connectivity index (χ4n) is 2.51. The number of carbonyl (C=O) groups is 1. The molecule has 0 aliphatic heterocycles. The quantitative estimate of drug-likeness (QED) is 0.640. The van der Waals surface area contributed by atoms with Crippen LogP contribution >= 0.6 is 12.4 Å². The van der Waals surface area contributed by atoms with Gasteiger partial charge in [0.2, 0.25) is 10.0 Å². The van der Waals surface area contributed by atoms with Crippen LogP contribution in [0.2, 0.25) is 0 Å². The molecular weight excluding hydrogens is 402 g/mol. The maximum absolute atomic E-state index is 12.5. The van der Waals surface area contributed by atoms with Crippen LogP contribution in [0, 0.1) is 0 Å². The predicted molar refractivity (Wildman–Crippen MR) is 113 cm³/mol. The number of benzene rings is 2. The van der Waals surface area contributed by atoms with Crippen molar-refractivity contribution in [2.45, 2.75) is 18.7 Å². The molecule has 0 spiro atoms. The Bertz CT molecular complexity index is 852. The molecule has 3 N–H and O–H groups in total. The lowest BCUT2D eigenvalue weighted by Gasteiger charge is -2.18. The van der Waals surface area contributed by atoms with E-state index in [2.05, 4.69) is 5.32 Å². The number of nitrogens with one attached hydrogen (secondary N) is 1. The van der Waals surface area contributed by atoms with E-state index in [1.165, 1.54) is 28.6 Å². The third kappa shape index (κ3) is 5.93. The Morgan fingerprint density at radius 3 is 2.11 bits per heavy atom. The maximum atomic E-state index is 12.5. The highest BCUT2D eigenvalue weighted by atomic mass is 35.5. The minimum atomic E-state index is -3.54. The van der Waals surface area contributed by atoms with E-state index < -0.39 is 10.0 Å². The predicted octanol–water partition coefficient (Wildman–Crippen LogP) is 2.73. The Balaban J connectivity index is 0.00000392. The van der Waals surface area contributed by atoms with Crippen molar-refractivity contribution in [3.8, 4) is 5.75 Å². The summed E-state index contributed by atoms with van der Waals surface area (Å²) in [7, 11) is -3.54. The molecule has 1 amide bonds. The molecule has 0 fully saturated rings. The summed E-state index contributed by atoms with van der Waals surface area (Å²) in [4.78, 5) is 12.5. The molecule has 0 aliphatic rings. The van der Waals surface area contributed by atoms with Gasteiger partial charge in [0.1, 0.15) is 12.4 Å². The summed E-state index contributed by atoms with van der Waals surface area (Å²) in [5.74, 6) is 0.349. The summed E-state index contributed by atoms with van der Waals surface area (Å²) in [5.41, 5.74) is 6.37. The maximum Gasteiger partial charge on any atom is 0.255 e. The first kappa shape index (κ1) is 23.9. The average molecular weight is 428 g/mol. The number of halogens is 1. The largest absolute Gasteiger partial charge is 0.492 e. The summed E-state index contributed by atoms with van der Waals surface area (Å²) in [6.07, 6.45) is 0. The van der Waals surface area contributed by atoms with Crippen molar-refractivity contribution in [1.29, 1.82) is 0 Å². The summed E-state index contributed by atoms with van der Waals surface area (Å²) in [5, 5.41) is 2.77. The number of amides is 1. The number of carbonyl (C=O) groups excluding carboxylic acids is 1. The van der Waals surface area contributed by atoms with E-state index >= 15 is 0 Å². The number of rotatable bonds is 9. The van der Waals surface area contributed by atoms with Gasteiger partial charge < -0.3 is 15.8 Å². The van der Waals surface area contributed by atoms with E-state index in [0.29, 0.717) is 43.2 Å². The first-order valence-corrected chi connectivity index (χ1v) is 10.2. The van der Waals surface area contributed by atoms with Gasteiger partial charge in [0.15, 0.2) is 0 Å². The van der Waals surface area contributed by atoms with Crippen LogP contribution in [-0.2, 0) is 10.0 Å². The molecule has 2 rings (SSSR count). The molecule has 0 aromatic heterocycles. The number of hydrogen-bond donors (Lipinski definition) is 2. The molecule has 0 radical (unpaired) electrons. The number of nitrogens with two attached hydrogens (primary N) is 1. The number of sulfonamides is 1. The Kier molecular flexibility index (Phi) is 9.40. The Morgan fingerprint density at radius 1 is 1.04 bits per heavy atom. The molecule has 0 saturated heterocycles. The van der Waals surface area contributed by atoms with Crippen LogP contribution in [0.25, 0.3) is 0 Å². The zero-order chi connectivity index (χ0) is 19.9. The van der Waals surface area contributed by atoms with Crippen molar-refractivity contribution in [3.63, 3.8) is 0 Å². The van der Waals surface area contributed by atoms with Crippen molar-refractivity contribution in [1.82, 2.24) is 4.31 Å². The number of hydrogen-bond acceptors (Lipinski definition) is 5. The molecule has 0 heterocycles. The van der Waals surface area contributed by atoms with Gasteiger partial charge in [0.25, 0.3) is 5.91 Å². The lowest BCUT2D eigenvalue weighted by atomic mass is 10.2. The van der Waals surface area contributed by atoms with E-state index in [-0.39, 0.29) is 23.2 Å². The molecule has 0 unspecified atom stereocenters. The third-order valence-corrected chi connectivity index (χ3v) is 6.02. The number of anilines is 1. The first-order chi connectivity index (χ1) is 12.9. The Labute approximate surface area is 172 Å². The molecular formula is C19H26ClN3O4S. The van der Waals surface area contributed by atoms with Crippen LogP contribution < -0.4 is 15.8 Å². The SMILES string of the molecule is CCN(CC)S(=O)(=O)c1ccc(C(=O)Nc2ccc(OCCN)cc2)cc1.Cl. The van der Waals surface area contributed by atoms with Gasteiger partial charge >= 0.3 is 0 Å². The van der Waals surface area contributed by atoms with Crippen LogP contribution in [0.5, 0.6) is 5.75 Å². The zero-order valence-corrected chi connectivity index (χ0v) is 17.6. The Hall–Kier alpha value is -2.13. The first-order valence-electron chi connectivity index (χ1n) is 8.76.